The molecule has 1 amide bonds. The number of sulfonamides is 1. The summed E-state index contributed by atoms with van der Waals surface area (Å²) in [6.45, 7) is 1.96. The number of carbonyl (C=O) groups excluding carboxylic acids is 1. The Hall–Kier alpha value is -2.29. The van der Waals surface area contributed by atoms with E-state index in [1.165, 1.54) is 22.5 Å². The first-order valence-electron chi connectivity index (χ1n) is 8.74. The van der Waals surface area contributed by atoms with Crippen molar-refractivity contribution >= 4 is 15.9 Å². The highest BCUT2D eigenvalue weighted by molar-refractivity contribution is 7.89. The summed E-state index contributed by atoms with van der Waals surface area (Å²) in [6.07, 6.45) is 0. The average molecular weight is 391 g/mol. The minimum Gasteiger partial charge on any atom is -0.351 e. The minimum absolute atomic E-state index is 0.107. The second kappa shape index (κ2) is 8.60. The topological polar surface area (TPSA) is 69.7 Å². The Morgan fingerprint density at radius 1 is 0.963 bits per heavy atom. The summed E-state index contributed by atoms with van der Waals surface area (Å²) in [5, 5.41) is 2.86. The quantitative estimate of drug-likeness (QED) is 0.809. The Morgan fingerprint density at radius 3 is 2.26 bits per heavy atom. The lowest BCUT2D eigenvalue weighted by Crippen LogP contribution is -2.51. The molecule has 2 aromatic rings. The van der Waals surface area contributed by atoms with Gasteiger partial charge >= 0.3 is 0 Å². The van der Waals surface area contributed by atoms with Crippen molar-refractivity contribution in [2.24, 2.45) is 0 Å². The van der Waals surface area contributed by atoms with Gasteiger partial charge in [0.2, 0.25) is 15.9 Å². The van der Waals surface area contributed by atoms with Crippen LogP contribution in [0.3, 0.4) is 0 Å². The molecule has 0 atom stereocenters. The molecule has 0 radical (unpaired) electrons. The van der Waals surface area contributed by atoms with E-state index < -0.39 is 15.8 Å². The van der Waals surface area contributed by atoms with Crippen molar-refractivity contribution in [3.05, 3.63) is 66.0 Å². The van der Waals surface area contributed by atoms with Gasteiger partial charge in [-0.2, -0.15) is 4.31 Å². The molecule has 8 heteroatoms. The van der Waals surface area contributed by atoms with E-state index in [0.717, 1.165) is 11.6 Å². The third-order valence-electron chi connectivity index (χ3n) is 4.49. The van der Waals surface area contributed by atoms with Crippen molar-refractivity contribution < 1.29 is 17.6 Å². The number of hydrogen-bond donors (Lipinski definition) is 1. The van der Waals surface area contributed by atoms with Crippen LogP contribution in [0.2, 0.25) is 0 Å². The van der Waals surface area contributed by atoms with Crippen molar-refractivity contribution in [3.63, 3.8) is 0 Å². The van der Waals surface area contributed by atoms with Crippen LogP contribution in [0.25, 0.3) is 0 Å². The zero-order chi connectivity index (χ0) is 19.3. The number of nitrogens with zero attached hydrogens (tertiary/aromatic N) is 2. The van der Waals surface area contributed by atoms with Crippen molar-refractivity contribution in [2.45, 2.75) is 11.4 Å². The molecule has 3 rings (SSSR count). The van der Waals surface area contributed by atoms with Gasteiger partial charge in [0.15, 0.2) is 0 Å². The highest BCUT2D eigenvalue weighted by Gasteiger charge is 2.30. The maximum Gasteiger partial charge on any atom is 0.246 e. The molecule has 1 aliphatic heterocycles. The molecule has 2 aromatic carbocycles. The van der Waals surface area contributed by atoms with Gasteiger partial charge in [0.1, 0.15) is 10.7 Å². The molecule has 1 fully saturated rings. The van der Waals surface area contributed by atoms with E-state index in [0.29, 0.717) is 19.6 Å². The van der Waals surface area contributed by atoms with Crippen molar-refractivity contribution in [3.8, 4) is 0 Å². The number of halogens is 1. The SMILES string of the molecule is O=C(CN1CCN(S(=O)(=O)c2ccccc2F)CC1)NCc1ccccc1. The Bertz CT molecular complexity index is 882. The van der Waals surface area contributed by atoms with Crippen molar-refractivity contribution in [2.75, 3.05) is 32.7 Å². The van der Waals surface area contributed by atoms with E-state index in [1.807, 2.05) is 35.2 Å². The number of carbonyl (C=O) groups is 1. The Kier molecular flexibility index (Phi) is 6.20. The fourth-order valence-electron chi connectivity index (χ4n) is 2.98. The molecule has 0 aromatic heterocycles. The van der Waals surface area contributed by atoms with E-state index in [2.05, 4.69) is 5.32 Å². The molecule has 0 saturated carbocycles. The summed E-state index contributed by atoms with van der Waals surface area (Å²) in [5.41, 5.74) is 1.02. The fraction of sp³-hybridized carbons (Fsp3) is 0.316. The predicted molar refractivity (Wildman–Crippen MR) is 99.9 cm³/mol. The monoisotopic (exact) mass is 391 g/mol. The lowest BCUT2D eigenvalue weighted by Gasteiger charge is -2.33. The number of nitrogens with one attached hydrogen (secondary N) is 1. The second-order valence-corrected chi connectivity index (χ2v) is 8.28. The standard InChI is InChI=1S/C19H22FN3O3S/c20-17-8-4-5-9-18(17)27(25,26)23-12-10-22(11-13-23)15-19(24)21-14-16-6-2-1-3-7-16/h1-9H,10-15H2,(H,21,24). The van der Waals surface area contributed by atoms with Gasteiger partial charge in [-0.05, 0) is 17.7 Å². The number of hydrogen-bond acceptors (Lipinski definition) is 4. The second-order valence-electron chi connectivity index (χ2n) is 6.37. The molecule has 0 aliphatic carbocycles. The van der Waals surface area contributed by atoms with Gasteiger partial charge in [-0.3, -0.25) is 9.69 Å². The van der Waals surface area contributed by atoms with Crippen LogP contribution < -0.4 is 5.32 Å². The molecule has 0 spiro atoms. The van der Waals surface area contributed by atoms with Crippen LogP contribution in [-0.2, 0) is 21.4 Å². The zero-order valence-electron chi connectivity index (χ0n) is 14.8. The third kappa shape index (κ3) is 4.91. The largest absolute Gasteiger partial charge is 0.351 e. The van der Waals surface area contributed by atoms with Crippen molar-refractivity contribution in [1.82, 2.24) is 14.5 Å². The van der Waals surface area contributed by atoms with Gasteiger partial charge < -0.3 is 5.32 Å². The molecule has 27 heavy (non-hydrogen) atoms. The van der Waals surface area contributed by atoms with Gasteiger partial charge in [0.05, 0.1) is 6.54 Å². The van der Waals surface area contributed by atoms with Crippen LogP contribution in [0.5, 0.6) is 0 Å². The van der Waals surface area contributed by atoms with E-state index in [9.17, 15) is 17.6 Å². The first kappa shape index (κ1) is 19.5. The lowest BCUT2D eigenvalue weighted by atomic mass is 10.2. The van der Waals surface area contributed by atoms with Crippen LogP contribution >= 0.6 is 0 Å². The normalized spacial score (nSPS) is 16.2. The smallest absolute Gasteiger partial charge is 0.246 e. The highest BCUT2D eigenvalue weighted by atomic mass is 32.2. The Labute approximate surface area is 158 Å². The van der Waals surface area contributed by atoms with E-state index in [-0.39, 0.29) is 30.4 Å². The van der Waals surface area contributed by atoms with Crippen LogP contribution in [0.4, 0.5) is 4.39 Å². The molecule has 1 heterocycles. The maximum atomic E-state index is 13.8. The van der Waals surface area contributed by atoms with Gasteiger partial charge in [-0.1, -0.05) is 42.5 Å². The minimum atomic E-state index is -3.86. The fourth-order valence-corrected chi connectivity index (χ4v) is 4.46. The summed E-state index contributed by atoms with van der Waals surface area (Å²) in [6, 6.07) is 15.0. The van der Waals surface area contributed by atoms with Gasteiger partial charge in [0, 0.05) is 32.7 Å². The molecule has 6 nitrogen and oxygen atoms in total. The summed E-state index contributed by atoms with van der Waals surface area (Å²) in [4.78, 5) is 13.7. The third-order valence-corrected chi connectivity index (χ3v) is 6.42. The predicted octanol–water partition coefficient (Wildman–Crippen LogP) is 1.45. The molecule has 1 N–H and O–H groups in total. The first-order chi connectivity index (χ1) is 13.0. The van der Waals surface area contributed by atoms with Gasteiger partial charge in [0.25, 0.3) is 0 Å². The molecule has 0 bridgehead atoms. The van der Waals surface area contributed by atoms with Crippen LogP contribution in [0.1, 0.15) is 5.56 Å². The van der Waals surface area contributed by atoms with Crippen LogP contribution in [-0.4, -0.2) is 56.3 Å². The number of amides is 1. The van der Waals surface area contributed by atoms with Gasteiger partial charge in [-0.25, -0.2) is 12.8 Å². The lowest BCUT2D eigenvalue weighted by molar-refractivity contribution is -0.122. The Morgan fingerprint density at radius 2 is 1.59 bits per heavy atom. The molecule has 1 aliphatic rings. The van der Waals surface area contributed by atoms with Crippen LogP contribution in [0.15, 0.2) is 59.5 Å². The highest BCUT2D eigenvalue weighted by Crippen LogP contribution is 2.20. The van der Waals surface area contributed by atoms with E-state index in [4.69, 9.17) is 0 Å². The molecular formula is C19H22FN3O3S. The first-order valence-corrected chi connectivity index (χ1v) is 10.2. The Balaban J connectivity index is 1.50. The maximum absolute atomic E-state index is 13.8. The average Bonchev–Trinajstić information content (AvgIpc) is 2.68. The number of benzene rings is 2. The zero-order valence-corrected chi connectivity index (χ0v) is 15.7. The number of piperazine rings is 1. The summed E-state index contributed by atoms with van der Waals surface area (Å²) >= 11 is 0. The number of rotatable bonds is 6. The summed E-state index contributed by atoms with van der Waals surface area (Å²) in [7, 11) is -3.86. The van der Waals surface area contributed by atoms with E-state index in [1.54, 1.807) is 0 Å². The van der Waals surface area contributed by atoms with Gasteiger partial charge in [-0.15, -0.1) is 0 Å². The molecule has 0 unspecified atom stereocenters. The van der Waals surface area contributed by atoms with Crippen molar-refractivity contribution in [1.29, 1.82) is 0 Å². The molecular weight excluding hydrogens is 369 g/mol. The molecule has 144 valence electrons. The van der Waals surface area contributed by atoms with Crippen LogP contribution in [0, 0.1) is 5.82 Å². The van der Waals surface area contributed by atoms with E-state index >= 15 is 0 Å². The molecule has 1 saturated heterocycles. The summed E-state index contributed by atoms with van der Waals surface area (Å²) < 4.78 is 40.3. The summed E-state index contributed by atoms with van der Waals surface area (Å²) in [5.74, 6) is -0.857.